The Bertz CT molecular complexity index is 35.6. The average Bonchev–Trinajstić information content (AvgIpc) is 1.39. The van der Waals surface area contributed by atoms with Gasteiger partial charge in [-0.1, -0.05) is 0 Å². The molecule has 74 valence electrons. The Balaban J connectivity index is -0.00000000400. The zero-order chi connectivity index (χ0) is 5.41. The van der Waals surface area contributed by atoms with Crippen molar-refractivity contribution in [2.24, 2.45) is 10.7 Å². The molecule has 0 aromatic carbocycles. The smallest absolute Gasteiger partial charge is 0.379 e. The number of hydrogen-bond donors (Lipinski definition) is 6. The monoisotopic (exact) mass is 221 g/mol. The van der Waals surface area contributed by atoms with E-state index in [0.29, 0.717) is 0 Å². The normalized spacial score (nSPS) is 2.18. The molecule has 0 aromatic heterocycles. The van der Waals surface area contributed by atoms with Crippen LogP contribution >= 0.6 is 0 Å². The van der Waals surface area contributed by atoms with Gasteiger partial charge in [0.25, 0.3) is 0 Å². The molecule has 0 fully saturated rings. The van der Waals surface area contributed by atoms with Crippen LogP contribution in [0.3, 0.4) is 0 Å². The first kappa shape index (κ1) is 85.7. The SMILES string of the molecule is N.N.N.N.O=NO.O=NO.[Co+3]. The predicted molar refractivity (Wildman–Crippen MR) is 35.3 cm³/mol. The summed E-state index contributed by atoms with van der Waals surface area (Å²) in [4.78, 5) is 16.2. The van der Waals surface area contributed by atoms with Gasteiger partial charge in [-0.25, -0.2) is 0 Å². The van der Waals surface area contributed by atoms with Crippen LogP contribution in [-0.2, 0) is 16.8 Å². The van der Waals surface area contributed by atoms with Gasteiger partial charge in [-0.2, -0.15) is 0 Å². The van der Waals surface area contributed by atoms with E-state index in [9.17, 15) is 0 Å². The third kappa shape index (κ3) is 641. The fourth-order valence-electron chi connectivity index (χ4n) is 0. The van der Waals surface area contributed by atoms with E-state index in [1.54, 1.807) is 0 Å². The maximum atomic E-state index is 8.11. The van der Waals surface area contributed by atoms with Crippen LogP contribution in [0.2, 0.25) is 0 Å². The maximum Gasteiger partial charge on any atom is 3.00 e. The summed E-state index contributed by atoms with van der Waals surface area (Å²) in [6.07, 6.45) is 0. The zero-order valence-corrected chi connectivity index (χ0v) is 6.81. The molecule has 0 aliphatic heterocycles. The van der Waals surface area contributed by atoms with E-state index in [0.717, 1.165) is 0 Å². The minimum atomic E-state index is 0. The van der Waals surface area contributed by atoms with Gasteiger partial charge < -0.3 is 35.0 Å². The molecule has 11 heavy (non-hydrogen) atoms. The zero-order valence-electron chi connectivity index (χ0n) is 5.77. The van der Waals surface area contributed by atoms with Crippen LogP contribution in [-0.4, -0.2) is 10.4 Å². The maximum absolute atomic E-state index is 8.11. The molecule has 0 aliphatic rings. The molecular weight excluding hydrogens is 207 g/mol. The largest absolute Gasteiger partial charge is 3.00 e. The molecule has 0 saturated carbocycles. The molecule has 0 heterocycles. The van der Waals surface area contributed by atoms with Crippen LogP contribution in [0, 0.1) is 9.81 Å². The van der Waals surface area contributed by atoms with Crippen molar-refractivity contribution in [2.75, 3.05) is 0 Å². The standard InChI is InChI=1S/Co.2HNO2.4H3N/c;2*2-1-3;;;;/h;2*(H,2,3);4*1H3/q+3;;;;;;. The summed E-state index contributed by atoms with van der Waals surface area (Å²) < 4.78 is 0. The summed E-state index contributed by atoms with van der Waals surface area (Å²) in [6.45, 7) is 0. The quantitative estimate of drug-likeness (QED) is 0.253. The Morgan fingerprint density at radius 1 is 0.727 bits per heavy atom. The van der Waals surface area contributed by atoms with Gasteiger partial charge in [0, 0.05) is 0 Å². The second-order valence-corrected chi connectivity index (χ2v) is 0.163. The molecular formula is H14CoN6O4+3. The van der Waals surface area contributed by atoms with Crippen molar-refractivity contribution in [1.82, 2.24) is 24.6 Å². The predicted octanol–water partition coefficient (Wildman–Crippen LogP) is 0.929. The molecule has 0 spiro atoms. The van der Waals surface area contributed by atoms with Crippen molar-refractivity contribution in [3.63, 3.8) is 0 Å². The van der Waals surface area contributed by atoms with Crippen molar-refractivity contribution in [2.45, 2.75) is 0 Å². The van der Waals surface area contributed by atoms with E-state index in [1.165, 1.54) is 10.7 Å². The van der Waals surface area contributed by atoms with Crippen LogP contribution in [0.15, 0.2) is 10.7 Å². The van der Waals surface area contributed by atoms with Gasteiger partial charge in [0.15, 0.2) is 10.7 Å². The molecule has 0 radical (unpaired) electrons. The first-order valence-corrected chi connectivity index (χ1v) is 0.765. The summed E-state index contributed by atoms with van der Waals surface area (Å²) in [5, 5.41) is 15.8. The summed E-state index contributed by atoms with van der Waals surface area (Å²) in [5.41, 5.74) is 0. The van der Waals surface area contributed by atoms with E-state index in [2.05, 4.69) is 0 Å². The summed E-state index contributed by atoms with van der Waals surface area (Å²) >= 11 is 0. The summed E-state index contributed by atoms with van der Waals surface area (Å²) in [6, 6.07) is 0. The molecule has 0 amide bonds. The van der Waals surface area contributed by atoms with E-state index in [4.69, 9.17) is 20.2 Å². The van der Waals surface area contributed by atoms with Crippen LogP contribution in [0.5, 0.6) is 0 Å². The minimum Gasteiger partial charge on any atom is -0.379 e. The molecule has 11 heteroatoms. The van der Waals surface area contributed by atoms with Crippen LogP contribution in [0.1, 0.15) is 0 Å². The van der Waals surface area contributed by atoms with E-state index in [-0.39, 0.29) is 41.4 Å². The Kier molecular flexibility index (Phi) is 3600. The van der Waals surface area contributed by atoms with E-state index < -0.39 is 0 Å². The van der Waals surface area contributed by atoms with Gasteiger partial charge in [0.2, 0.25) is 0 Å². The van der Waals surface area contributed by atoms with Crippen molar-refractivity contribution in [3.8, 4) is 0 Å². The fourth-order valence-corrected chi connectivity index (χ4v) is 0. The van der Waals surface area contributed by atoms with Gasteiger partial charge in [-0.3, -0.25) is 0 Å². The van der Waals surface area contributed by atoms with Crippen molar-refractivity contribution in [3.05, 3.63) is 9.81 Å². The van der Waals surface area contributed by atoms with Crippen molar-refractivity contribution in [1.29, 1.82) is 0 Å². The third-order valence-corrected chi connectivity index (χ3v) is 0. The van der Waals surface area contributed by atoms with Crippen LogP contribution < -0.4 is 24.6 Å². The molecule has 0 saturated heterocycles. The first-order valence-electron chi connectivity index (χ1n) is 0.765. The number of rotatable bonds is 0. The Morgan fingerprint density at radius 3 is 0.727 bits per heavy atom. The summed E-state index contributed by atoms with van der Waals surface area (Å²) in [5.74, 6) is 0. The average molecular weight is 221 g/mol. The minimum absolute atomic E-state index is 0. The van der Waals surface area contributed by atoms with Crippen molar-refractivity contribution < 1.29 is 27.2 Å². The molecule has 0 rings (SSSR count). The van der Waals surface area contributed by atoms with Crippen molar-refractivity contribution >= 4 is 0 Å². The Morgan fingerprint density at radius 2 is 0.727 bits per heavy atom. The Hall–Kier alpha value is -0.854. The molecule has 0 bridgehead atoms. The van der Waals surface area contributed by atoms with Gasteiger partial charge in [-0.15, -0.1) is 9.81 Å². The molecule has 0 aliphatic carbocycles. The fraction of sp³-hybridized carbons (Fsp3) is 0. The van der Waals surface area contributed by atoms with E-state index in [1.807, 2.05) is 0 Å². The molecule has 0 atom stereocenters. The second kappa shape index (κ2) is 462. The molecule has 14 N–H and O–H groups in total. The van der Waals surface area contributed by atoms with Gasteiger partial charge in [0.1, 0.15) is 0 Å². The summed E-state index contributed by atoms with van der Waals surface area (Å²) in [7, 11) is 0. The second-order valence-electron chi connectivity index (χ2n) is 0.163. The van der Waals surface area contributed by atoms with Gasteiger partial charge in [-0.05, 0) is 0 Å². The topological polar surface area (TPSA) is 239 Å². The van der Waals surface area contributed by atoms with Gasteiger partial charge >= 0.3 is 16.8 Å². The van der Waals surface area contributed by atoms with Crippen LogP contribution in [0.4, 0.5) is 0 Å². The molecule has 0 unspecified atom stereocenters. The Labute approximate surface area is 73.1 Å². The first-order chi connectivity index (χ1) is 2.83. The van der Waals surface area contributed by atoms with Crippen LogP contribution in [0.25, 0.3) is 0 Å². The molecule has 10 nitrogen and oxygen atoms in total. The van der Waals surface area contributed by atoms with E-state index >= 15 is 0 Å². The number of hydrogen-bond acceptors (Lipinski definition) is 8. The third-order valence-electron chi connectivity index (χ3n) is 0. The van der Waals surface area contributed by atoms with Gasteiger partial charge in [0.05, 0.1) is 0 Å². The number of nitrogens with zero attached hydrogens (tertiary/aromatic N) is 2. The molecule has 0 aromatic rings.